The van der Waals surface area contributed by atoms with Gasteiger partial charge in [0.2, 0.25) is 0 Å². The first-order valence-corrected chi connectivity index (χ1v) is 5.56. The van der Waals surface area contributed by atoms with Crippen LogP contribution >= 0.6 is 11.3 Å². The van der Waals surface area contributed by atoms with Crippen molar-refractivity contribution >= 4 is 16.9 Å². The van der Waals surface area contributed by atoms with Crippen LogP contribution in [0.1, 0.15) is 23.6 Å². The van der Waals surface area contributed by atoms with Gasteiger partial charge >= 0.3 is 0 Å². The summed E-state index contributed by atoms with van der Waals surface area (Å²) in [6.07, 6.45) is 5.11. The van der Waals surface area contributed by atoms with E-state index >= 15 is 0 Å². The molecule has 0 N–H and O–H groups in total. The molecule has 0 saturated carbocycles. The van der Waals surface area contributed by atoms with Gasteiger partial charge in [-0.25, -0.2) is 0 Å². The van der Waals surface area contributed by atoms with Crippen molar-refractivity contribution in [1.29, 1.82) is 0 Å². The summed E-state index contributed by atoms with van der Waals surface area (Å²) < 4.78 is 0. The molecule has 1 aromatic heterocycles. The molecular weight excluding hydrogens is 188 g/mol. The van der Waals surface area contributed by atoms with Crippen LogP contribution in [0.3, 0.4) is 0 Å². The molecule has 0 aliphatic rings. The zero-order valence-electron chi connectivity index (χ0n) is 8.84. The molecule has 0 amide bonds. The van der Waals surface area contributed by atoms with Crippen LogP contribution in [0, 0.1) is 0 Å². The van der Waals surface area contributed by atoms with E-state index in [9.17, 15) is 0 Å². The van der Waals surface area contributed by atoms with E-state index in [0.717, 1.165) is 17.6 Å². The van der Waals surface area contributed by atoms with E-state index in [1.54, 1.807) is 0 Å². The molecule has 0 saturated heterocycles. The van der Waals surface area contributed by atoms with Gasteiger partial charge in [-0.05, 0) is 31.1 Å². The Balaban J connectivity index is 2.74. The second-order valence-electron chi connectivity index (χ2n) is 3.32. The molecule has 14 heavy (non-hydrogen) atoms. The van der Waals surface area contributed by atoms with E-state index in [4.69, 9.17) is 0 Å². The Morgan fingerprint density at radius 1 is 1.36 bits per heavy atom. The van der Waals surface area contributed by atoms with E-state index in [1.165, 1.54) is 9.75 Å². The number of thiophene rings is 1. The molecule has 0 spiro atoms. The lowest BCUT2D eigenvalue weighted by atomic mass is 10.2. The molecule has 1 heteroatoms. The van der Waals surface area contributed by atoms with E-state index < -0.39 is 0 Å². The Labute approximate surface area is 90.3 Å². The fourth-order valence-electron chi connectivity index (χ4n) is 1.07. The van der Waals surface area contributed by atoms with Gasteiger partial charge in [0.05, 0.1) is 0 Å². The molecule has 0 radical (unpaired) electrons. The second-order valence-corrected chi connectivity index (χ2v) is 4.49. The van der Waals surface area contributed by atoms with Crippen molar-refractivity contribution in [2.45, 2.75) is 20.3 Å². The van der Waals surface area contributed by atoms with Crippen LogP contribution in [0.4, 0.5) is 0 Å². The maximum atomic E-state index is 4.03. The first kappa shape index (κ1) is 11.0. The fourth-order valence-corrected chi connectivity index (χ4v) is 1.96. The third kappa shape index (κ3) is 3.00. The first-order chi connectivity index (χ1) is 6.63. The van der Waals surface area contributed by atoms with Gasteiger partial charge < -0.3 is 0 Å². The minimum absolute atomic E-state index is 1.05. The highest BCUT2D eigenvalue weighted by atomic mass is 32.1. The molecule has 0 aliphatic heterocycles. The molecule has 0 fully saturated rings. The summed E-state index contributed by atoms with van der Waals surface area (Å²) in [5.41, 5.74) is 2.12. The van der Waals surface area contributed by atoms with Crippen LogP contribution in [0.2, 0.25) is 0 Å². The van der Waals surface area contributed by atoms with Crippen molar-refractivity contribution in [2.24, 2.45) is 0 Å². The van der Waals surface area contributed by atoms with Gasteiger partial charge in [-0.3, -0.25) is 0 Å². The summed E-state index contributed by atoms with van der Waals surface area (Å²) in [5.74, 6) is 0. The zero-order valence-corrected chi connectivity index (χ0v) is 9.66. The number of hydrogen-bond acceptors (Lipinski definition) is 1. The summed E-state index contributed by atoms with van der Waals surface area (Å²) in [4.78, 5) is 2.66. The molecule has 1 aromatic rings. The van der Waals surface area contributed by atoms with Crippen molar-refractivity contribution in [3.8, 4) is 0 Å². The maximum Gasteiger partial charge on any atom is 0.0339 e. The largest absolute Gasteiger partial charge is 0.140 e. The van der Waals surface area contributed by atoms with Crippen LogP contribution in [-0.4, -0.2) is 0 Å². The maximum absolute atomic E-state index is 4.03. The van der Waals surface area contributed by atoms with Crippen molar-refractivity contribution in [3.63, 3.8) is 0 Å². The topological polar surface area (TPSA) is 0 Å². The Hall–Kier alpha value is -1.08. The van der Waals surface area contributed by atoms with E-state index in [0.29, 0.717) is 0 Å². The van der Waals surface area contributed by atoms with Gasteiger partial charge in [0, 0.05) is 9.75 Å². The Morgan fingerprint density at radius 2 is 2.07 bits per heavy atom. The van der Waals surface area contributed by atoms with Gasteiger partial charge in [-0.2, -0.15) is 0 Å². The Kier molecular flexibility index (Phi) is 3.90. The molecule has 0 bridgehead atoms. The molecule has 0 aliphatic carbocycles. The highest BCUT2D eigenvalue weighted by Crippen LogP contribution is 2.24. The minimum Gasteiger partial charge on any atom is -0.140 e. The van der Waals surface area contributed by atoms with Crippen molar-refractivity contribution < 1.29 is 0 Å². The molecular formula is C13H16S. The summed E-state index contributed by atoms with van der Waals surface area (Å²) in [6.45, 7) is 12.0. The van der Waals surface area contributed by atoms with Crippen LogP contribution in [-0.2, 0) is 6.42 Å². The lowest BCUT2D eigenvalue weighted by molar-refractivity contribution is 1.19. The van der Waals surface area contributed by atoms with E-state index in [1.807, 2.05) is 30.4 Å². The van der Waals surface area contributed by atoms with Gasteiger partial charge in [-0.15, -0.1) is 11.3 Å². The normalized spacial score (nSPS) is 10.7. The van der Waals surface area contributed by atoms with Crippen LogP contribution in [0.25, 0.3) is 5.57 Å². The number of rotatable bonds is 4. The van der Waals surface area contributed by atoms with Gasteiger partial charge in [-0.1, -0.05) is 37.8 Å². The monoisotopic (exact) mass is 204 g/mol. The van der Waals surface area contributed by atoms with Crippen molar-refractivity contribution in [3.05, 3.63) is 52.8 Å². The zero-order chi connectivity index (χ0) is 10.6. The lowest BCUT2D eigenvalue weighted by Gasteiger charge is -1.94. The summed E-state index contributed by atoms with van der Waals surface area (Å²) in [6, 6.07) is 4.30. The van der Waals surface area contributed by atoms with Crippen LogP contribution in [0.5, 0.6) is 0 Å². The summed E-state index contributed by atoms with van der Waals surface area (Å²) >= 11 is 1.81. The number of allylic oxidation sites excluding steroid dienone is 4. The molecule has 0 nitrogen and oxygen atoms in total. The minimum atomic E-state index is 1.05. The number of hydrogen-bond donors (Lipinski definition) is 0. The highest BCUT2D eigenvalue weighted by Gasteiger charge is 1.99. The average molecular weight is 204 g/mol. The SMILES string of the molecule is C=C(C)/C=C\C(=C)c1ccc(CC)s1. The predicted octanol–water partition coefficient (Wildman–Crippen LogP) is 4.46. The Morgan fingerprint density at radius 3 is 2.57 bits per heavy atom. The van der Waals surface area contributed by atoms with Crippen molar-refractivity contribution in [1.82, 2.24) is 0 Å². The smallest absolute Gasteiger partial charge is 0.0339 e. The fraction of sp³-hybridized carbons (Fsp3) is 0.231. The molecule has 1 rings (SSSR count). The van der Waals surface area contributed by atoms with E-state index in [2.05, 4.69) is 32.2 Å². The number of aryl methyl sites for hydroxylation is 1. The van der Waals surface area contributed by atoms with Gasteiger partial charge in [0.1, 0.15) is 0 Å². The average Bonchev–Trinajstić information content (AvgIpc) is 2.62. The standard InChI is InChI=1S/C13H16S/c1-5-12-8-9-13(14-12)11(4)7-6-10(2)3/h6-9H,2,4-5H2,1,3H3/b7-6-. The predicted molar refractivity (Wildman–Crippen MR) is 66.7 cm³/mol. The van der Waals surface area contributed by atoms with Crippen LogP contribution < -0.4 is 0 Å². The third-order valence-corrected chi connectivity index (χ3v) is 3.20. The first-order valence-electron chi connectivity index (χ1n) is 4.75. The highest BCUT2D eigenvalue weighted by molar-refractivity contribution is 7.13. The van der Waals surface area contributed by atoms with Gasteiger partial charge in [0.25, 0.3) is 0 Å². The summed E-state index contributed by atoms with van der Waals surface area (Å²) in [7, 11) is 0. The molecule has 0 aromatic carbocycles. The molecule has 0 unspecified atom stereocenters. The quantitative estimate of drug-likeness (QED) is 0.635. The second kappa shape index (κ2) is 4.97. The molecule has 74 valence electrons. The third-order valence-electron chi connectivity index (χ3n) is 1.90. The molecule has 1 heterocycles. The Bertz CT molecular complexity index is 366. The lowest BCUT2D eigenvalue weighted by Crippen LogP contribution is -1.70. The van der Waals surface area contributed by atoms with Crippen LogP contribution in [0.15, 0.2) is 43.0 Å². The molecule has 0 atom stereocenters. The van der Waals surface area contributed by atoms with Gasteiger partial charge in [0.15, 0.2) is 0 Å². The van der Waals surface area contributed by atoms with E-state index in [-0.39, 0.29) is 0 Å². The van der Waals surface area contributed by atoms with Crippen molar-refractivity contribution in [2.75, 3.05) is 0 Å². The summed E-state index contributed by atoms with van der Waals surface area (Å²) in [5, 5.41) is 0.